The van der Waals surface area contributed by atoms with E-state index in [0.717, 1.165) is 0 Å². The molecule has 0 saturated heterocycles. The van der Waals surface area contributed by atoms with Crippen LogP contribution >= 0.6 is 0 Å². The molecule has 4 nitrogen and oxygen atoms in total. The van der Waals surface area contributed by atoms with Crippen LogP contribution in [0.15, 0.2) is 0 Å². The first kappa shape index (κ1) is 12.7. The Hall–Kier alpha value is -1.27. The van der Waals surface area contributed by atoms with Crippen molar-refractivity contribution in [1.82, 2.24) is 5.32 Å². The third kappa shape index (κ3) is 5.39. The number of amides is 1. The van der Waals surface area contributed by atoms with Gasteiger partial charge < -0.3 is 4.74 Å². The fourth-order valence-electron chi connectivity index (χ4n) is 0.477. The molecular formula is C7H11F3N2O2. The summed E-state index contributed by atoms with van der Waals surface area (Å²) in [7, 11) is 0. The normalized spacial score (nSPS) is 12.1. The number of rotatable bonds is 0. The van der Waals surface area contributed by atoms with E-state index in [-0.39, 0.29) is 0 Å². The number of hydrogen-bond donors (Lipinski definition) is 2. The summed E-state index contributed by atoms with van der Waals surface area (Å²) in [5.41, 5.74) is -0.893. The molecule has 0 aromatic carbocycles. The zero-order valence-corrected chi connectivity index (χ0v) is 7.95. The van der Waals surface area contributed by atoms with E-state index in [0.29, 0.717) is 0 Å². The zero-order valence-electron chi connectivity index (χ0n) is 7.95. The zero-order chi connectivity index (χ0) is 11.6. The summed E-state index contributed by atoms with van der Waals surface area (Å²) in [4.78, 5) is 10.7. The monoisotopic (exact) mass is 212 g/mol. The predicted octanol–water partition coefficient (Wildman–Crippen LogP) is 2.05. The molecule has 82 valence electrons. The molecule has 0 spiro atoms. The van der Waals surface area contributed by atoms with E-state index in [1.165, 1.54) is 26.1 Å². The van der Waals surface area contributed by atoms with Gasteiger partial charge in [-0.05, 0) is 20.8 Å². The second-order valence-corrected chi connectivity index (χ2v) is 3.50. The van der Waals surface area contributed by atoms with Gasteiger partial charge in [-0.15, -0.1) is 0 Å². The van der Waals surface area contributed by atoms with E-state index < -0.39 is 23.7 Å². The molecular weight excluding hydrogens is 201 g/mol. The van der Waals surface area contributed by atoms with Crippen molar-refractivity contribution in [1.29, 1.82) is 5.41 Å². The van der Waals surface area contributed by atoms with Gasteiger partial charge in [-0.3, -0.25) is 10.7 Å². The van der Waals surface area contributed by atoms with Gasteiger partial charge in [0.25, 0.3) is 0 Å². The molecule has 0 rings (SSSR count). The topological polar surface area (TPSA) is 62.2 Å². The number of halogens is 3. The fraction of sp³-hybridized carbons (Fsp3) is 0.714. The van der Waals surface area contributed by atoms with Crippen LogP contribution < -0.4 is 5.32 Å². The van der Waals surface area contributed by atoms with Crippen LogP contribution in [0, 0.1) is 5.41 Å². The van der Waals surface area contributed by atoms with Gasteiger partial charge in [0.2, 0.25) is 5.84 Å². The first-order valence-corrected chi connectivity index (χ1v) is 3.68. The van der Waals surface area contributed by atoms with Gasteiger partial charge in [-0.1, -0.05) is 0 Å². The largest absolute Gasteiger partial charge is 0.449 e. The highest BCUT2D eigenvalue weighted by Crippen LogP contribution is 2.15. The van der Waals surface area contributed by atoms with Crippen molar-refractivity contribution in [2.75, 3.05) is 0 Å². The molecule has 0 unspecified atom stereocenters. The van der Waals surface area contributed by atoms with Crippen molar-refractivity contribution in [2.45, 2.75) is 32.5 Å². The van der Waals surface area contributed by atoms with E-state index in [9.17, 15) is 18.0 Å². The highest BCUT2D eigenvalue weighted by molar-refractivity contribution is 5.96. The second-order valence-electron chi connectivity index (χ2n) is 3.50. The van der Waals surface area contributed by atoms with Crippen LogP contribution in [0.3, 0.4) is 0 Å². The van der Waals surface area contributed by atoms with E-state index in [2.05, 4.69) is 4.74 Å². The molecule has 2 N–H and O–H groups in total. The minimum Gasteiger partial charge on any atom is -0.444 e. The molecule has 0 atom stereocenters. The van der Waals surface area contributed by atoms with Crippen LogP contribution in [0.2, 0.25) is 0 Å². The molecule has 0 heterocycles. The summed E-state index contributed by atoms with van der Waals surface area (Å²) < 4.78 is 39.8. The molecule has 0 bridgehead atoms. The van der Waals surface area contributed by atoms with Crippen LogP contribution in [0.4, 0.5) is 18.0 Å². The molecule has 14 heavy (non-hydrogen) atoms. The van der Waals surface area contributed by atoms with E-state index in [4.69, 9.17) is 5.41 Å². The van der Waals surface area contributed by atoms with Gasteiger partial charge in [-0.2, -0.15) is 13.2 Å². The molecule has 0 aliphatic heterocycles. The lowest BCUT2D eigenvalue weighted by molar-refractivity contribution is -0.0630. The van der Waals surface area contributed by atoms with Crippen LogP contribution in [0.25, 0.3) is 0 Å². The Morgan fingerprint density at radius 1 is 1.29 bits per heavy atom. The molecule has 0 aliphatic carbocycles. The molecule has 1 amide bonds. The maximum Gasteiger partial charge on any atom is 0.449 e. The summed E-state index contributed by atoms with van der Waals surface area (Å²) in [6.45, 7) is 4.51. The summed E-state index contributed by atoms with van der Waals surface area (Å²) in [6, 6.07) is 0. The lowest BCUT2D eigenvalue weighted by Crippen LogP contribution is -2.42. The van der Waals surface area contributed by atoms with Gasteiger partial charge in [-0.25, -0.2) is 4.79 Å². The maximum absolute atomic E-state index is 11.7. The average Bonchev–Trinajstić information content (AvgIpc) is 1.79. The smallest absolute Gasteiger partial charge is 0.444 e. The minimum absolute atomic E-state index is 0.893. The van der Waals surface area contributed by atoms with Gasteiger partial charge in [0.05, 0.1) is 0 Å². The standard InChI is InChI=1S/C7H11F3N2O2/c1-6(2,3)14-5(13)12-4(11)7(8,9)10/h1-3H3,(H2,11,12,13). The van der Waals surface area contributed by atoms with E-state index in [1.54, 1.807) is 0 Å². The lowest BCUT2D eigenvalue weighted by atomic mass is 10.2. The number of carbonyl (C=O) groups excluding carboxylic acids is 1. The molecule has 0 saturated carbocycles. The molecule has 0 fully saturated rings. The first-order valence-electron chi connectivity index (χ1n) is 3.68. The lowest BCUT2D eigenvalue weighted by Gasteiger charge is -2.20. The number of alkyl halides is 3. The predicted molar refractivity (Wildman–Crippen MR) is 43.2 cm³/mol. The quantitative estimate of drug-likeness (QED) is 0.476. The Balaban J connectivity index is 4.16. The van der Waals surface area contributed by atoms with Gasteiger partial charge in [0.15, 0.2) is 0 Å². The summed E-state index contributed by atoms with van der Waals surface area (Å²) in [6.07, 6.45) is -6.16. The Kier molecular flexibility index (Phi) is 3.50. The van der Waals surface area contributed by atoms with E-state index in [1.807, 2.05) is 0 Å². The van der Waals surface area contributed by atoms with Crippen LogP contribution in [0.1, 0.15) is 20.8 Å². The number of alkyl carbamates (subject to hydrolysis) is 1. The minimum atomic E-state index is -4.86. The third-order valence-corrected chi connectivity index (χ3v) is 0.909. The Morgan fingerprint density at radius 2 is 1.71 bits per heavy atom. The Morgan fingerprint density at radius 3 is 2.00 bits per heavy atom. The van der Waals surface area contributed by atoms with Gasteiger partial charge >= 0.3 is 12.3 Å². The van der Waals surface area contributed by atoms with Crippen LogP contribution in [-0.2, 0) is 4.74 Å². The Labute approximate surface area is 78.9 Å². The van der Waals surface area contributed by atoms with Crippen molar-refractivity contribution in [3.8, 4) is 0 Å². The second kappa shape index (κ2) is 3.85. The average molecular weight is 212 g/mol. The SMILES string of the molecule is CC(C)(C)OC(=O)NC(=N)C(F)(F)F. The van der Waals surface area contributed by atoms with E-state index >= 15 is 0 Å². The van der Waals surface area contributed by atoms with Crippen LogP contribution in [0.5, 0.6) is 0 Å². The summed E-state index contributed by atoms with van der Waals surface area (Å²) >= 11 is 0. The maximum atomic E-state index is 11.7. The number of amidine groups is 1. The molecule has 0 aromatic rings. The summed E-state index contributed by atoms with van der Waals surface area (Å²) in [5, 5.41) is 7.71. The van der Waals surface area contributed by atoms with Gasteiger partial charge in [0.1, 0.15) is 5.60 Å². The summed E-state index contributed by atoms with van der Waals surface area (Å²) in [5.74, 6) is -1.84. The van der Waals surface area contributed by atoms with Crippen LogP contribution in [-0.4, -0.2) is 23.7 Å². The molecule has 0 radical (unpaired) electrons. The Bertz CT molecular complexity index is 242. The van der Waals surface area contributed by atoms with Crippen molar-refractivity contribution < 1.29 is 22.7 Å². The highest BCUT2D eigenvalue weighted by atomic mass is 19.4. The van der Waals surface area contributed by atoms with Crippen molar-refractivity contribution in [2.24, 2.45) is 0 Å². The molecule has 7 heteroatoms. The van der Waals surface area contributed by atoms with Gasteiger partial charge in [0, 0.05) is 0 Å². The van der Waals surface area contributed by atoms with Crippen molar-refractivity contribution >= 4 is 11.9 Å². The number of ether oxygens (including phenoxy) is 1. The number of nitrogens with one attached hydrogen (secondary N) is 2. The molecule has 0 aliphatic rings. The fourth-order valence-corrected chi connectivity index (χ4v) is 0.477. The number of hydrogen-bond acceptors (Lipinski definition) is 3. The van der Waals surface area contributed by atoms with Crippen molar-refractivity contribution in [3.05, 3.63) is 0 Å². The third-order valence-electron chi connectivity index (χ3n) is 0.909. The molecule has 0 aromatic heterocycles. The first-order chi connectivity index (χ1) is 6.02. The van der Waals surface area contributed by atoms with Crippen molar-refractivity contribution in [3.63, 3.8) is 0 Å². The number of carbonyl (C=O) groups is 1. The highest BCUT2D eigenvalue weighted by Gasteiger charge is 2.36.